The van der Waals surface area contributed by atoms with Crippen molar-refractivity contribution in [3.05, 3.63) is 223 Å². The number of hydrogen-bond donors (Lipinski definition) is 1. The minimum atomic E-state index is 0.270. The molecule has 0 aliphatic carbocycles. The molecule has 0 fully saturated rings. The van der Waals surface area contributed by atoms with Gasteiger partial charge in [-0.1, -0.05) is 158 Å². The summed E-state index contributed by atoms with van der Waals surface area (Å²) in [5.74, 6) is 0.270. The van der Waals surface area contributed by atoms with Gasteiger partial charge in [0.25, 0.3) is 0 Å². The van der Waals surface area contributed by atoms with Crippen LogP contribution in [0.25, 0.3) is 126 Å². The maximum atomic E-state index is 12.0. The summed E-state index contributed by atoms with van der Waals surface area (Å²) in [6.45, 7) is 4.32. The van der Waals surface area contributed by atoms with Crippen molar-refractivity contribution in [2.75, 3.05) is 4.90 Å². The third kappa shape index (κ3) is 5.75. The van der Waals surface area contributed by atoms with Gasteiger partial charge >= 0.3 is 0 Å². The second kappa shape index (κ2) is 14.8. The third-order valence-electron chi connectivity index (χ3n) is 15.0. The topological polar surface area (TPSA) is 54.7 Å². The van der Waals surface area contributed by atoms with Crippen molar-refractivity contribution in [3.63, 3.8) is 0 Å². The van der Waals surface area contributed by atoms with E-state index in [0.29, 0.717) is 0 Å². The summed E-state index contributed by atoms with van der Waals surface area (Å²) in [4.78, 5) is 2.33. The number of furan rings is 2. The van der Waals surface area contributed by atoms with E-state index in [4.69, 9.17) is 8.83 Å². The van der Waals surface area contributed by atoms with Crippen molar-refractivity contribution in [2.45, 2.75) is 13.8 Å². The minimum absolute atomic E-state index is 0.270. The number of nitrogens with zero attached hydrogens (tertiary/aromatic N) is 2. The zero-order chi connectivity index (χ0) is 47.1. The first-order chi connectivity index (χ1) is 34.9. The molecule has 5 nitrogen and oxygen atoms in total. The lowest BCUT2D eigenvalue weighted by molar-refractivity contribution is 0.487. The summed E-state index contributed by atoms with van der Waals surface area (Å²) in [6, 6.07) is 75.4. The van der Waals surface area contributed by atoms with Crippen LogP contribution in [0.1, 0.15) is 11.1 Å². The van der Waals surface area contributed by atoms with E-state index < -0.39 is 0 Å². The smallest absolute Gasteiger partial charge is 0.159 e. The van der Waals surface area contributed by atoms with Crippen LogP contribution >= 0.6 is 0 Å². The standard InChI is InChI=1S/C66H42N2O3/c1-38-27-28-39(2)57(33-38)67(56-26-12-24-53-52-23-10-20-47(65(52)71-66(53)56)40-13-4-3-5-14-40)44-30-32-54-60(36-44)70-61-37-59-62-50(21-11-25-55(62)63(54)61)49-31-29-42-35-58(49)68(59)43-16-8-15-41(34-43)46-19-9-22-51(64(46)69)48-18-7-6-17-45(42)48/h3-37,69H,1-2H3. The van der Waals surface area contributed by atoms with E-state index in [1.165, 1.54) is 16.3 Å². The molecule has 2 aliphatic rings. The van der Waals surface area contributed by atoms with E-state index in [1.54, 1.807) is 0 Å². The predicted octanol–water partition coefficient (Wildman–Crippen LogP) is 18.7. The molecule has 4 heterocycles. The van der Waals surface area contributed by atoms with E-state index in [2.05, 4.69) is 205 Å². The Bertz CT molecular complexity index is 4750. The lowest BCUT2D eigenvalue weighted by Crippen LogP contribution is -2.11. The molecule has 6 bridgehead atoms. The van der Waals surface area contributed by atoms with Crippen LogP contribution in [-0.2, 0) is 0 Å². The van der Waals surface area contributed by atoms with E-state index >= 15 is 0 Å². The molecule has 0 atom stereocenters. The number of hydrogen-bond acceptors (Lipinski definition) is 4. The maximum Gasteiger partial charge on any atom is 0.159 e. The van der Waals surface area contributed by atoms with Gasteiger partial charge in [0.05, 0.1) is 22.6 Å². The normalized spacial score (nSPS) is 12.1. The molecule has 11 aromatic carbocycles. The molecule has 15 rings (SSSR count). The molecule has 0 saturated carbocycles. The molecular weight excluding hydrogens is 869 g/mol. The van der Waals surface area contributed by atoms with Crippen LogP contribution in [0.15, 0.2) is 221 Å². The van der Waals surface area contributed by atoms with Crippen LogP contribution in [0, 0.1) is 13.8 Å². The summed E-state index contributed by atoms with van der Waals surface area (Å²) in [5.41, 5.74) is 13.9. The Labute approximate surface area is 407 Å². The highest BCUT2D eigenvalue weighted by Crippen LogP contribution is 2.48. The Morgan fingerprint density at radius 2 is 1.13 bits per heavy atom. The van der Waals surface area contributed by atoms with Gasteiger partial charge in [-0.15, -0.1) is 0 Å². The summed E-state index contributed by atoms with van der Waals surface area (Å²) in [7, 11) is 0. The molecular formula is C66H42N2O3. The molecule has 5 heteroatoms. The highest BCUT2D eigenvalue weighted by molar-refractivity contribution is 6.30. The summed E-state index contributed by atoms with van der Waals surface area (Å²) in [5, 5.41) is 26.5. The lowest BCUT2D eigenvalue weighted by atomic mass is 9.94. The van der Waals surface area contributed by atoms with Crippen molar-refractivity contribution < 1.29 is 13.9 Å². The van der Waals surface area contributed by atoms with Crippen molar-refractivity contribution in [1.82, 2.24) is 4.57 Å². The molecule has 2 aliphatic heterocycles. The number of aryl methyl sites for hydroxylation is 2. The number of fused-ring (bicyclic) bond motifs is 19. The van der Waals surface area contributed by atoms with Crippen LogP contribution in [0.5, 0.6) is 5.75 Å². The van der Waals surface area contributed by atoms with E-state index in [1.807, 2.05) is 30.3 Å². The SMILES string of the molecule is Cc1ccc(C)c(N(c2ccc3c(c2)oc2cc4c5c(cccc5c23)c2ccc3cc2-n4c2cccc(c2)c2cccc(c2O)c2ccccc32)c2cccc3c2oc2c(-c4ccccc4)cccc23)c1. The Kier molecular flexibility index (Phi) is 8.29. The first kappa shape index (κ1) is 39.7. The van der Waals surface area contributed by atoms with Crippen molar-refractivity contribution in [2.24, 2.45) is 0 Å². The number of rotatable bonds is 4. The van der Waals surface area contributed by atoms with Gasteiger partial charge in [0, 0.05) is 72.0 Å². The monoisotopic (exact) mass is 910 g/mol. The van der Waals surface area contributed by atoms with E-state index in [-0.39, 0.29) is 5.75 Å². The number of benzene rings is 11. The lowest BCUT2D eigenvalue weighted by Gasteiger charge is -2.27. The molecule has 0 unspecified atom stereocenters. The Morgan fingerprint density at radius 3 is 2.01 bits per heavy atom. The average molecular weight is 911 g/mol. The molecule has 0 radical (unpaired) electrons. The van der Waals surface area contributed by atoms with Crippen molar-refractivity contribution >= 4 is 126 Å². The molecule has 0 spiro atoms. The predicted molar refractivity (Wildman–Crippen MR) is 297 cm³/mol. The largest absolute Gasteiger partial charge is 0.507 e. The fourth-order valence-corrected chi connectivity index (χ4v) is 11.7. The molecule has 0 amide bonds. The summed E-state index contributed by atoms with van der Waals surface area (Å²) >= 11 is 0. The fourth-order valence-electron chi connectivity index (χ4n) is 11.7. The van der Waals surface area contributed by atoms with E-state index in [0.717, 1.165) is 137 Å². The molecule has 334 valence electrons. The van der Waals surface area contributed by atoms with Gasteiger partial charge in [-0.2, -0.15) is 0 Å². The number of phenols is 1. The van der Waals surface area contributed by atoms with Crippen LogP contribution < -0.4 is 4.90 Å². The molecule has 0 saturated heterocycles. The summed E-state index contributed by atoms with van der Waals surface area (Å²) < 4.78 is 16.6. The third-order valence-corrected chi connectivity index (χ3v) is 15.0. The molecule has 1 N–H and O–H groups in total. The average Bonchev–Trinajstić information content (AvgIpc) is 3.99. The highest BCUT2D eigenvalue weighted by atomic mass is 16.3. The van der Waals surface area contributed by atoms with Gasteiger partial charge < -0.3 is 23.4 Å². The number of para-hydroxylation sites is 3. The minimum Gasteiger partial charge on any atom is -0.507 e. The number of aromatic hydroxyl groups is 1. The van der Waals surface area contributed by atoms with Crippen molar-refractivity contribution in [1.29, 1.82) is 0 Å². The Balaban J connectivity index is 1.01. The summed E-state index contributed by atoms with van der Waals surface area (Å²) in [6.07, 6.45) is 0. The first-order valence-corrected chi connectivity index (χ1v) is 24.2. The molecule has 71 heavy (non-hydrogen) atoms. The number of aromatic nitrogens is 1. The van der Waals surface area contributed by atoms with Gasteiger partial charge in [0.15, 0.2) is 5.58 Å². The zero-order valence-corrected chi connectivity index (χ0v) is 38.9. The van der Waals surface area contributed by atoms with Gasteiger partial charge in [0.2, 0.25) is 0 Å². The zero-order valence-electron chi connectivity index (χ0n) is 38.9. The van der Waals surface area contributed by atoms with E-state index in [9.17, 15) is 5.11 Å². The quantitative estimate of drug-likeness (QED) is 0.141. The van der Waals surface area contributed by atoms with Gasteiger partial charge in [-0.3, -0.25) is 0 Å². The number of phenolic OH excluding ortho intramolecular Hbond substituents is 1. The van der Waals surface area contributed by atoms with Crippen LogP contribution in [0.4, 0.5) is 17.1 Å². The Hall–Kier alpha value is -9.32. The highest BCUT2D eigenvalue weighted by Gasteiger charge is 2.25. The molecule has 2 aromatic heterocycles. The second-order valence-corrected chi connectivity index (χ2v) is 19.1. The van der Waals surface area contributed by atoms with Crippen molar-refractivity contribution in [3.8, 4) is 22.6 Å². The van der Waals surface area contributed by atoms with Gasteiger partial charge in [-0.05, 0) is 105 Å². The molecule has 13 aromatic rings. The second-order valence-electron chi connectivity index (χ2n) is 19.1. The first-order valence-electron chi connectivity index (χ1n) is 24.2. The maximum absolute atomic E-state index is 12.0. The van der Waals surface area contributed by atoms with Crippen LogP contribution in [0.2, 0.25) is 0 Å². The Morgan fingerprint density at radius 1 is 0.423 bits per heavy atom. The van der Waals surface area contributed by atoms with Gasteiger partial charge in [-0.25, -0.2) is 0 Å². The van der Waals surface area contributed by atoms with Gasteiger partial charge in [0.1, 0.15) is 22.5 Å². The van der Waals surface area contributed by atoms with Crippen LogP contribution in [0.3, 0.4) is 0 Å². The van der Waals surface area contributed by atoms with Crippen LogP contribution in [-0.4, -0.2) is 9.67 Å². The number of anilines is 3. The fraction of sp³-hybridized carbons (Fsp3) is 0.0303. The number of pyridine rings is 1.